The molecule has 1 heterocycles. The second-order valence-corrected chi connectivity index (χ2v) is 6.78. The minimum absolute atomic E-state index is 0.0587. The summed E-state index contributed by atoms with van der Waals surface area (Å²) in [5.74, 6) is -2.43. The van der Waals surface area contributed by atoms with Gasteiger partial charge in [-0.05, 0) is 42.7 Å². The number of benzene rings is 2. The van der Waals surface area contributed by atoms with Crippen molar-refractivity contribution in [2.24, 2.45) is 5.92 Å². The van der Waals surface area contributed by atoms with E-state index in [1.54, 1.807) is 24.3 Å². The largest absolute Gasteiger partial charge is 0.478 e. The van der Waals surface area contributed by atoms with E-state index in [2.05, 4.69) is 0 Å². The molecule has 1 aliphatic rings. The average molecular weight is 377 g/mol. The Morgan fingerprint density at radius 1 is 1.15 bits per heavy atom. The normalized spacial score (nSPS) is 15.0. The molecule has 0 saturated carbocycles. The van der Waals surface area contributed by atoms with Gasteiger partial charge in [0.05, 0.1) is 5.56 Å². The summed E-state index contributed by atoms with van der Waals surface area (Å²) in [5, 5.41) is 10.1. The molecule has 2 aromatic rings. The molecule has 26 heavy (non-hydrogen) atoms. The van der Waals surface area contributed by atoms with Gasteiger partial charge < -0.3 is 9.84 Å². The lowest BCUT2D eigenvalue weighted by Gasteiger charge is -2.21. The molecule has 0 aliphatic carbocycles. The average Bonchev–Trinajstić information content (AvgIpc) is 2.64. The van der Waals surface area contributed by atoms with E-state index in [1.165, 1.54) is 6.07 Å². The van der Waals surface area contributed by atoms with E-state index in [-0.39, 0.29) is 34.8 Å². The topological polar surface area (TPSA) is 63.6 Å². The highest BCUT2D eigenvalue weighted by Gasteiger charge is 2.26. The van der Waals surface area contributed by atoms with Crippen LogP contribution in [0.25, 0.3) is 0 Å². The van der Waals surface area contributed by atoms with Crippen molar-refractivity contribution in [1.82, 2.24) is 0 Å². The number of ether oxygens (including phenoxy) is 1. The van der Waals surface area contributed by atoms with Crippen LogP contribution >= 0.6 is 11.6 Å². The predicted octanol–water partition coefficient (Wildman–Crippen LogP) is 4.38. The van der Waals surface area contributed by atoms with E-state index in [1.807, 2.05) is 0 Å². The third-order valence-corrected chi connectivity index (χ3v) is 4.85. The predicted molar refractivity (Wildman–Crippen MR) is 95.5 cm³/mol. The van der Waals surface area contributed by atoms with Crippen molar-refractivity contribution in [3.63, 3.8) is 0 Å². The van der Waals surface area contributed by atoms with Crippen LogP contribution in [0.2, 0.25) is 5.02 Å². The van der Waals surface area contributed by atoms with Gasteiger partial charge in [0, 0.05) is 41.7 Å². The van der Waals surface area contributed by atoms with Crippen molar-refractivity contribution in [2.45, 2.75) is 19.3 Å². The fraction of sp³-hybridized carbons (Fsp3) is 0.300. The maximum atomic E-state index is 14.7. The third kappa shape index (κ3) is 4.11. The summed E-state index contributed by atoms with van der Waals surface area (Å²) >= 11 is 5.84. The molecule has 3 rings (SSSR count). The number of hydrogen-bond donors (Lipinski definition) is 1. The van der Waals surface area contributed by atoms with Gasteiger partial charge in [0.1, 0.15) is 5.82 Å². The van der Waals surface area contributed by atoms with Gasteiger partial charge in [-0.25, -0.2) is 9.18 Å². The molecule has 1 saturated heterocycles. The van der Waals surface area contributed by atoms with Crippen molar-refractivity contribution in [3.05, 3.63) is 69.5 Å². The zero-order valence-electron chi connectivity index (χ0n) is 14.0. The van der Waals surface area contributed by atoms with E-state index < -0.39 is 11.8 Å². The van der Waals surface area contributed by atoms with Crippen molar-refractivity contribution in [2.75, 3.05) is 13.2 Å². The molecule has 0 unspecified atom stereocenters. The summed E-state index contributed by atoms with van der Waals surface area (Å²) in [4.78, 5) is 24.3. The molecule has 136 valence electrons. The molecular weight excluding hydrogens is 359 g/mol. The van der Waals surface area contributed by atoms with E-state index in [0.717, 1.165) is 11.6 Å². The zero-order chi connectivity index (χ0) is 18.7. The van der Waals surface area contributed by atoms with Gasteiger partial charge in [0.25, 0.3) is 0 Å². The maximum absolute atomic E-state index is 14.7. The summed E-state index contributed by atoms with van der Waals surface area (Å²) in [6, 6.07) is 9.20. The van der Waals surface area contributed by atoms with Crippen molar-refractivity contribution in [3.8, 4) is 0 Å². The Bertz CT molecular complexity index is 826. The van der Waals surface area contributed by atoms with Gasteiger partial charge in [0.15, 0.2) is 5.78 Å². The quantitative estimate of drug-likeness (QED) is 0.787. The molecular formula is C20H18ClFO4. The van der Waals surface area contributed by atoms with Gasteiger partial charge in [-0.2, -0.15) is 0 Å². The Morgan fingerprint density at radius 3 is 2.42 bits per heavy atom. The molecule has 0 aromatic heterocycles. The van der Waals surface area contributed by atoms with Crippen LogP contribution in [0.4, 0.5) is 4.39 Å². The molecule has 0 amide bonds. The Hall–Kier alpha value is -2.24. The fourth-order valence-corrected chi connectivity index (χ4v) is 3.28. The van der Waals surface area contributed by atoms with Gasteiger partial charge in [-0.15, -0.1) is 0 Å². The second kappa shape index (κ2) is 7.98. The highest BCUT2D eigenvalue weighted by atomic mass is 35.5. The van der Waals surface area contributed by atoms with E-state index in [4.69, 9.17) is 16.3 Å². The Morgan fingerprint density at radius 2 is 1.81 bits per heavy atom. The summed E-state index contributed by atoms with van der Waals surface area (Å²) < 4.78 is 19.9. The van der Waals surface area contributed by atoms with Crippen LogP contribution in [-0.2, 0) is 11.2 Å². The lowest BCUT2D eigenvalue weighted by Crippen LogP contribution is -2.24. The number of carboxylic acid groups (broad SMARTS) is 1. The highest BCUT2D eigenvalue weighted by molar-refractivity contribution is 6.30. The minimum Gasteiger partial charge on any atom is -0.478 e. The number of ketones is 1. The van der Waals surface area contributed by atoms with Crippen LogP contribution in [0.3, 0.4) is 0 Å². The number of carbonyl (C=O) groups is 2. The first-order chi connectivity index (χ1) is 12.5. The first-order valence-electron chi connectivity index (χ1n) is 8.38. The summed E-state index contributed by atoms with van der Waals surface area (Å²) in [6.45, 7) is 0.971. The smallest absolute Gasteiger partial charge is 0.336 e. The number of aromatic carboxylic acids is 1. The molecule has 4 nitrogen and oxygen atoms in total. The Labute approximate surface area is 155 Å². The molecule has 0 spiro atoms. The van der Waals surface area contributed by atoms with Crippen LogP contribution < -0.4 is 0 Å². The van der Waals surface area contributed by atoms with Crippen LogP contribution in [0, 0.1) is 11.7 Å². The summed E-state index contributed by atoms with van der Waals surface area (Å²) in [7, 11) is 0. The van der Waals surface area contributed by atoms with Gasteiger partial charge in [-0.3, -0.25) is 4.79 Å². The lowest BCUT2D eigenvalue weighted by atomic mass is 9.88. The summed E-state index contributed by atoms with van der Waals surface area (Å²) in [5.41, 5.74) is 0.713. The van der Waals surface area contributed by atoms with Crippen molar-refractivity contribution >= 4 is 23.4 Å². The van der Waals surface area contributed by atoms with Crippen molar-refractivity contribution in [1.29, 1.82) is 0 Å². The third-order valence-electron chi connectivity index (χ3n) is 4.60. The highest BCUT2D eigenvalue weighted by Crippen LogP contribution is 2.25. The van der Waals surface area contributed by atoms with Crippen LogP contribution in [-0.4, -0.2) is 30.1 Å². The van der Waals surface area contributed by atoms with Gasteiger partial charge in [-0.1, -0.05) is 23.7 Å². The van der Waals surface area contributed by atoms with Crippen molar-refractivity contribution < 1.29 is 23.8 Å². The first-order valence-corrected chi connectivity index (χ1v) is 8.75. The maximum Gasteiger partial charge on any atom is 0.336 e. The SMILES string of the molecule is O=C(O)c1cc(C(=O)C2CCOCC2)cc(F)c1Cc1ccc(Cl)cc1. The number of halogens is 2. The van der Waals surface area contributed by atoms with E-state index in [9.17, 15) is 19.1 Å². The van der Waals surface area contributed by atoms with Crippen LogP contribution in [0.1, 0.15) is 44.7 Å². The molecule has 0 radical (unpaired) electrons. The Kier molecular flexibility index (Phi) is 5.69. The standard InChI is InChI=1S/C20H18ClFO4/c21-15-3-1-12(2-4-15)9-16-17(20(24)25)10-14(11-18(16)22)19(23)13-5-7-26-8-6-13/h1-4,10-11,13H,5-9H2,(H,24,25). The first kappa shape index (κ1) is 18.5. The minimum atomic E-state index is -1.26. The molecule has 2 aromatic carbocycles. The van der Waals surface area contributed by atoms with E-state index in [0.29, 0.717) is 31.1 Å². The van der Waals surface area contributed by atoms with Crippen LogP contribution in [0.5, 0.6) is 0 Å². The lowest BCUT2D eigenvalue weighted by molar-refractivity contribution is 0.0544. The second-order valence-electron chi connectivity index (χ2n) is 6.34. The number of carboxylic acids is 1. The molecule has 0 atom stereocenters. The number of hydrogen-bond acceptors (Lipinski definition) is 3. The number of rotatable bonds is 5. The zero-order valence-corrected chi connectivity index (χ0v) is 14.8. The van der Waals surface area contributed by atoms with Crippen LogP contribution in [0.15, 0.2) is 36.4 Å². The Balaban J connectivity index is 1.94. The molecule has 6 heteroatoms. The van der Waals surface area contributed by atoms with E-state index >= 15 is 0 Å². The molecule has 1 aliphatic heterocycles. The summed E-state index contributed by atoms with van der Waals surface area (Å²) in [6.07, 6.45) is 1.24. The van der Waals surface area contributed by atoms with Gasteiger partial charge >= 0.3 is 5.97 Å². The number of carbonyl (C=O) groups excluding carboxylic acids is 1. The number of Topliss-reactive ketones (excluding diaryl/α,β-unsaturated/α-hetero) is 1. The monoisotopic (exact) mass is 376 g/mol. The fourth-order valence-electron chi connectivity index (χ4n) is 3.15. The van der Waals surface area contributed by atoms with Gasteiger partial charge in [0.2, 0.25) is 0 Å². The molecule has 1 fully saturated rings. The molecule has 1 N–H and O–H groups in total. The molecule has 0 bridgehead atoms.